The molecule has 1 aromatic carbocycles. The van der Waals surface area contributed by atoms with Gasteiger partial charge in [0, 0.05) is 6.54 Å². The molecule has 7 heteroatoms. The van der Waals surface area contributed by atoms with Crippen LogP contribution in [0, 0.1) is 11.2 Å². The number of benzene rings is 1. The third-order valence-corrected chi connectivity index (χ3v) is 3.85. The molecule has 0 aliphatic carbocycles. The lowest BCUT2D eigenvalue weighted by molar-refractivity contribution is -0.216. The summed E-state index contributed by atoms with van der Waals surface area (Å²) in [6.45, 7) is 1.30. The van der Waals surface area contributed by atoms with E-state index in [1.165, 1.54) is 24.3 Å². The number of halogens is 4. The van der Waals surface area contributed by atoms with Crippen molar-refractivity contribution in [2.75, 3.05) is 13.1 Å². The molecular weight excluding hydrogens is 288 g/mol. The molecule has 116 valence electrons. The minimum Gasteiger partial charge on any atom is -0.349 e. The van der Waals surface area contributed by atoms with E-state index in [0.717, 1.165) is 0 Å². The Morgan fingerprint density at radius 2 is 1.95 bits per heavy atom. The predicted octanol–water partition coefficient (Wildman–Crippen LogP) is 2.54. The predicted molar refractivity (Wildman–Crippen MR) is 68.9 cm³/mol. The van der Waals surface area contributed by atoms with E-state index in [2.05, 4.69) is 10.6 Å². The van der Waals surface area contributed by atoms with E-state index in [1.807, 2.05) is 0 Å². The summed E-state index contributed by atoms with van der Waals surface area (Å²) in [4.78, 5) is 12.1. The summed E-state index contributed by atoms with van der Waals surface area (Å²) in [6.07, 6.45) is -4.89. The molecule has 1 aliphatic heterocycles. The van der Waals surface area contributed by atoms with Crippen molar-refractivity contribution in [1.29, 1.82) is 0 Å². The first-order valence-electron chi connectivity index (χ1n) is 6.60. The lowest BCUT2D eigenvalue weighted by Gasteiger charge is -2.30. The van der Waals surface area contributed by atoms with Crippen LogP contribution in [0.25, 0.3) is 0 Å². The average Bonchev–Trinajstić information content (AvgIpc) is 2.89. The molecule has 0 aromatic heterocycles. The van der Waals surface area contributed by atoms with Gasteiger partial charge < -0.3 is 10.6 Å². The summed E-state index contributed by atoms with van der Waals surface area (Å²) in [7, 11) is 0. The third kappa shape index (κ3) is 3.02. The van der Waals surface area contributed by atoms with Gasteiger partial charge in [0.25, 0.3) is 0 Å². The normalized spacial score (nSPS) is 23.9. The van der Waals surface area contributed by atoms with Crippen molar-refractivity contribution in [3.05, 3.63) is 35.6 Å². The highest BCUT2D eigenvalue weighted by Crippen LogP contribution is 2.43. The van der Waals surface area contributed by atoms with Gasteiger partial charge >= 0.3 is 6.18 Å². The Bertz CT molecular complexity index is 507. The Hall–Kier alpha value is -1.63. The highest BCUT2D eigenvalue weighted by Gasteiger charge is 2.61. The Morgan fingerprint density at radius 3 is 2.43 bits per heavy atom. The highest BCUT2D eigenvalue weighted by molar-refractivity contribution is 5.84. The van der Waals surface area contributed by atoms with E-state index in [4.69, 9.17) is 0 Å². The molecule has 1 fully saturated rings. The number of hydrogen-bond donors (Lipinski definition) is 2. The molecule has 1 amide bonds. The quantitative estimate of drug-likeness (QED) is 0.843. The van der Waals surface area contributed by atoms with Gasteiger partial charge in [-0.05, 0) is 37.6 Å². The smallest absolute Gasteiger partial charge is 0.349 e. The molecule has 2 N–H and O–H groups in total. The van der Waals surface area contributed by atoms with Crippen LogP contribution >= 0.6 is 0 Å². The third-order valence-electron chi connectivity index (χ3n) is 3.85. The fraction of sp³-hybridized carbons (Fsp3) is 0.500. The van der Waals surface area contributed by atoms with Crippen LogP contribution < -0.4 is 10.6 Å². The largest absolute Gasteiger partial charge is 0.404 e. The van der Waals surface area contributed by atoms with Crippen molar-refractivity contribution < 1.29 is 22.4 Å². The SMILES string of the molecule is C[C@H](NC(=O)C1(C(F)(F)F)CCNC1)c1ccc(F)cc1. The number of amides is 1. The van der Waals surface area contributed by atoms with Gasteiger partial charge in [-0.3, -0.25) is 4.79 Å². The first kappa shape index (κ1) is 15.8. The summed E-state index contributed by atoms with van der Waals surface area (Å²) in [6, 6.07) is 4.65. The summed E-state index contributed by atoms with van der Waals surface area (Å²) < 4.78 is 52.5. The van der Waals surface area contributed by atoms with E-state index in [1.54, 1.807) is 6.92 Å². The second kappa shape index (κ2) is 5.63. The van der Waals surface area contributed by atoms with Crippen LogP contribution in [0.1, 0.15) is 24.9 Å². The standard InChI is InChI=1S/C14H16F4N2O/c1-9(10-2-4-11(15)5-3-10)20-12(21)13(14(16,17)18)6-7-19-8-13/h2-5,9,19H,6-8H2,1H3,(H,20,21)/t9-,13?/m0/s1. The minimum absolute atomic E-state index is 0.151. The van der Waals surface area contributed by atoms with Crippen LogP contribution in [-0.4, -0.2) is 25.2 Å². The van der Waals surface area contributed by atoms with Crippen molar-refractivity contribution in [2.24, 2.45) is 5.41 Å². The first-order valence-corrected chi connectivity index (χ1v) is 6.60. The zero-order chi connectivity index (χ0) is 15.7. The van der Waals surface area contributed by atoms with Gasteiger partial charge in [0.2, 0.25) is 5.91 Å². The Kier molecular flexibility index (Phi) is 4.22. The van der Waals surface area contributed by atoms with Gasteiger partial charge in [-0.15, -0.1) is 0 Å². The van der Waals surface area contributed by atoms with E-state index in [9.17, 15) is 22.4 Å². The van der Waals surface area contributed by atoms with Crippen LogP contribution in [-0.2, 0) is 4.79 Å². The minimum atomic E-state index is -4.61. The van der Waals surface area contributed by atoms with Crippen molar-refractivity contribution in [2.45, 2.75) is 25.6 Å². The summed E-state index contributed by atoms with van der Waals surface area (Å²) in [5.74, 6) is -1.49. The molecule has 3 nitrogen and oxygen atoms in total. The first-order chi connectivity index (χ1) is 9.76. The van der Waals surface area contributed by atoms with Crippen LogP contribution in [0.4, 0.5) is 17.6 Å². The molecule has 1 saturated heterocycles. The van der Waals surface area contributed by atoms with Crippen LogP contribution in [0.15, 0.2) is 24.3 Å². The average molecular weight is 304 g/mol. The number of carbonyl (C=O) groups excluding carboxylic acids is 1. The molecule has 2 atom stereocenters. The monoisotopic (exact) mass is 304 g/mol. The van der Waals surface area contributed by atoms with Gasteiger partial charge in [0.15, 0.2) is 5.41 Å². The summed E-state index contributed by atoms with van der Waals surface area (Å²) >= 11 is 0. The fourth-order valence-electron chi connectivity index (χ4n) is 2.43. The van der Waals surface area contributed by atoms with Gasteiger partial charge in [0.1, 0.15) is 5.82 Å². The zero-order valence-corrected chi connectivity index (χ0v) is 11.4. The van der Waals surface area contributed by atoms with Crippen molar-refractivity contribution >= 4 is 5.91 Å². The Labute approximate surface area is 119 Å². The van der Waals surface area contributed by atoms with Crippen molar-refractivity contribution in [3.63, 3.8) is 0 Å². The van der Waals surface area contributed by atoms with Gasteiger partial charge in [-0.25, -0.2) is 4.39 Å². The zero-order valence-electron chi connectivity index (χ0n) is 11.4. The van der Waals surface area contributed by atoms with Gasteiger partial charge in [-0.1, -0.05) is 12.1 Å². The van der Waals surface area contributed by atoms with Gasteiger partial charge in [0.05, 0.1) is 6.04 Å². The van der Waals surface area contributed by atoms with Gasteiger partial charge in [-0.2, -0.15) is 13.2 Å². The summed E-state index contributed by atoms with van der Waals surface area (Å²) in [5, 5.41) is 4.97. The van der Waals surface area contributed by atoms with Crippen molar-refractivity contribution in [3.8, 4) is 0 Å². The van der Waals surface area contributed by atoms with Crippen LogP contribution in [0.3, 0.4) is 0 Å². The van der Waals surface area contributed by atoms with E-state index in [-0.39, 0.29) is 13.0 Å². The second-order valence-electron chi connectivity index (χ2n) is 5.25. The molecule has 0 saturated carbocycles. The number of nitrogens with one attached hydrogen (secondary N) is 2. The second-order valence-corrected chi connectivity index (χ2v) is 5.25. The Balaban J connectivity index is 2.14. The number of rotatable bonds is 3. The van der Waals surface area contributed by atoms with Crippen molar-refractivity contribution in [1.82, 2.24) is 10.6 Å². The van der Waals surface area contributed by atoms with Crippen LogP contribution in [0.5, 0.6) is 0 Å². The summed E-state index contributed by atoms with van der Waals surface area (Å²) in [5.41, 5.74) is -1.84. The highest BCUT2D eigenvalue weighted by atomic mass is 19.4. The molecule has 0 bridgehead atoms. The molecule has 1 aromatic rings. The number of alkyl halides is 3. The lowest BCUT2D eigenvalue weighted by atomic mass is 9.84. The number of hydrogen-bond acceptors (Lipinski definition) is 2. The molecular formula is C14H16F4N2O. The molecule has 1 heterocycles. The van der Waals surface area contributed by atoms with Crippen LogP contribution in [0.2, 0.25) is 0 Å². The maximum absolute atomic E-state index is 13.2. The molecule has 0 radical (unpaired) electrons. The fourth-order valence-corrected chi connectivity index (χ4v) is 2.43. The van der Waals surface area contributed by atoms with E-state index < -0.39 is 35.9 Å². The molecule has 21 heavy (non-hydrogen) atoms. The topological polar surface area (TPSA) is 41.1 Å². The molecule has 0 spiro atoms. The van der Waals surface area contributed by atoms with E-state index in [0.29, 0.717) is 5.56 Å². The van der Waals surface area contributed by atoms with E-state index >= 15 is 0 Å². The molecule has 1 aliphatic rings. The Morgan fingerprint density at radius 1 is 1.33 bits per heavy atom. The molecule has 2 rings (SSSR count). The molecule has 1 unspecified atom stereocenters. The maximum Gasteiger partial charge on any atom is 0.404 e. The number of carbonyl (C=O) groups is 1. The maximum atomic E-state index is 13.2. The lowest BCUT2D eigenvalue weighted by Crippen LogP contribution is -2.52.